The first-order valence-corrected chi connectivity index (χ1v) is 15.1. The lowest BCUT2D eigenvalue weighted by atomic mass is 9.92. The van der Waals surface area contributed by atoms with Crippen LogP contribution < -0.4 is 4.74 Å². The quantitative estimate of drug-likeness (QED) is 0.205. The molecule has 2 nitrogen and oxygen atoms in total. The van der Waals surface area contributed by atoms with E-state index in [-0.39, 0.29) is 0 Å². The molecule has 1 aliphatic rings. The zero-order valence-corrected chi connectivity index (χ0v) is 23.8. The molecule has 0 bridgehead atoms. The number of hydrogen-bond donors (Lipinski definition) is 0. The normalized spacial score (nSPS) is 12.3. The number of fused-ring (bicyclic) bond motifs is 7. The van der Waals surface area contributed by atoms with Crippen molar-refractivity contribution in [2.75, 3.05) is 0 Å². The average Bonchev–Trinajstić information content (AvgIpc) is 3.39. The number of rotatable bonds is 2. The van der Waals surface area contributed by atoms with Crippen molar-refractivity contribution in [3.05, 3.63) is 152 Å². The number of hydrogen-bond acceptors (Lipinski definition) is 1. The number of benzene rings is 8. The Morgan fingerprint density at radius 1 is 0.386 bits per heavy atom. The fourth-order valence-electron chi connectivity index (χ4n) is 7.22. The van der Waals surface area contributed by atoms with E-state index < -0.39 is 0 Å². The van der Waals surface area contributed by atoms with Crippen LogP contribution in [-0.2, 0) is 0 Å². The number of nitrogens with zero attached hydrogens (tertiary/aromatic N) is 1. The van der Waals surface area contributed by atoms with Crippen LogP contribution in [0.3, 0.4) is 0 Å². The van der Waals surface area contributed by atoms with Gasteiger partial charge in [-0.25, -0.2) is 0 Å². The molecule has 0 radical (unpaired) electrons. The van der Waals surface area contributed by atoms with E-state index in [1.165, 1.54) is 76.5 Å². The van der Waals surface area contributed by atoms with Crippen molar-refractivity contribution in [1.82, 2.24) is 4.57 Å². The number of ether oxygens (including phenoxy) is 1. The van der Waals surface area contributed by atoms with Gasteiger partial charge in [0.2, 0.25) is 0 Å². The zero-order chi connectivity index (χ0) is 28.8. The molecule has 0 spiro atoms. The smallest absolute Gasteiger partial charge is 0.135 e. The van der Waals surface area contributed by atoms with Crippen molar-refractivity contribution in [3.63, 3.8) is 0 Å². The molecule has 2 heteroatoms. The molecule has 0 saturated carbocycles. The Bertz CT molecular complexity index is 2640. The van der Waals surface area contributed by atoms with Crippen LogP contribution in [0.25, 0.3) is 82.1 Å². The minimum Gasteiger partial charge on any atom is -0.456 e. The van der Waals surface area contributed by atoms with Crippen LogP contribution in [0.15, 0.2) is 152 Å². The minimum atomic E-state index is 0.903. The molecule has 0 amide bonds. The molecule has 1 aliphatic heterocycles. The number of aromatic nitrogens is 1. The topological polar surface area (TPSA) is 14.2 Å². The Hall–Kier alpha value is -5.86. The van der Waals surface area contributed by atoms with Crippen LogP contribution in [0.4, 0.5) is 0 Å². The monoisotopic (exact) mass is 559 g/mol. The average molecular weight is 560 g/mol. The maximum absolute atomic E-state index is 6.39. The first-order valence-electron chi connectivity index (χ1n) is 15.1. The first-order chi connectivity index (χ1) is 21.8. The van der Waals surface area contributed by atoms with Gasteiger partial charge in [0.1, 0.15) is 11.5 Å². The van der Waals surface area contributed by atoms with Crippen LogP contribution in [0.5, 0.6) is 11.5 Å². The Kier molecular flexibility index (Phi) is 4.75. The lowest BCUT2D eigenvalue weighted by Crippen LogP contribution is -1.97. The van der Waals surface area contributed by atoms with Gasteiger partial charge in [0.05, 0.1) is 11.0 Å². The van der Waals surface area contributed by atoms with Crippen molar-refractivity contribution >= 4 is 54.1 Å². The highest BCUT2D eigenvalue weighted by Gasteiger charge is 2.21. The molecule has 0 aliphatic carbocycles. The van der Waals surface area contributed by atoms with Gasteiger partial charge in [-0.3, -0.25) is 0 Å². The summed E-state index contributed by atoms with van der Waals surface area (Å²) in [6.07, 6.45) is 0. The SMILES string of the molecule is c1ccc2cc(-n3c4ccc(-c5ccc6c(c5)-c5cccc7cccc(c57)O6)cc4c4cc5ccccc5cc43)ccc2c1. The van der Waals surface area contributed by atoms with E-state index >= 15 is 0 Å². The van der Waals surface area contributed by atoms with Crippen molar-refractivity contribution in [2.24, 2.45) is 0 Å². The lowest BCUT2D eigenvalue weighted by molar-refractivity contribution is 0.487. The highest BCUT2D eigenvalue weighted by Crippen LogP contribution is 2.48. The first kappa shape index (κ1) is 23.7. The van der Waals surface area contributed by atoms with Crippen molar-refractivity contribution < 1.29 is 4.74 Å². The summed E-state index contributed by atoms with van der Waals surface area (Å²) in [6, 6.07) is 55.0. The predicted octanol–water partition coefficient (Wildman–Crippen LogP) is 11.7. The lowest BCUT2D eigenvalue weighted by Gasteiger charge is -2.22. The standard InChI is InChI=1S/C42H25NO/c1-2-8-28-21-33(18-15-26(28)7-1)43-38-19-16-31(23-35(38)36-22-29-9-3-4-10-30(29)25-39(36)43)32-17-20-40-37(24-32)34-13-5-11-27-12-6-14-41(44-40)42(27)34/h1-25H. The highest BCUT2D eigenvalue weighted by atomic mass is 16.5. The molecule has 0 fully saturated rings. The van der Waals surface area contributed by atoms with Crippen molar-refractivity contribution in [1.29, 1.82) is 0 Å². The third kappa shape index (κ3) is 3.37. The van der Waals surface area contributed by atoms with Crippen LogP contribution in [0, 0.1) is 0 Å². The van der Waals surface area contributed by atoms with Crippen LogP contribution >= 0.6 is 0 Å². The Balaban J connectivity index is 1.21. The van der Waals surface area contributed by atoms with Gasteiger partial charge in [0, 0.05) is 27.4 Å². The third-order valence-corrected chi connectivity index (χ3v) is 9.31. The second kappa shape index (κ2) is 8.82. The van der Waals surface area contributed by atoms with Gasteiger partial charge < -0.3 is 9.30 Å². The second-order valence-electron chi connectivity index (χ2n) is 11.8. The summed E-state index contributed by atoms with van der Waals surface area (Å²) in [5, 5.41) is 9.87. The Morgan fingerprint density at radius 3 is 1.93 bits per heavy atom. The van der Waals surface area contributed by atoms with Gasteiger partial charge in [-0.2, -0.15) is 0 Å². The molecular formula is C42H25NO. The molecule has 44 heavy (non-hydrogen) atoms. The summed E-state index contributed by atoms with van der Waals surface area (Å²) in [5.74, 6) is 1.83. The van der Waals surface area contributed by atoms with E-state index in [1.807, 2.05) is 0 Å². The summed E-state index contributed by atoms with van der Waals surface area (Å²) in [5.41, 5.74) is 8.32. The summed E-state index contributed by atoms with van der Waals surface area (Å²) >= 11 is 0. The third-order valence-electron chi connectivity index (χ3n) is 9.31. The van der Waals surface area contributed by atoms with Gasteiger partial charge in [0.25, 0.3) is 0 Å². The molecule has 2 heterocycles. The minimum absolute atomic E-state index is 0.903. The fourth-order valence-corrected chi connectivity index (χ4v) is 7.22. The van der Waals surface area contributed by atoms with E-state index in [9.17, 15) is 0 Å². The fraction of sp³-hybridized carbons (Fsp3) is 0. The van der Waals surface area contributed by atoms with Crippen LogP contribution in [-0.4, -0.2) is 4.57 Å². The zero-order valence-electron chi connectivity index (χ0n) is 23.8. The Labute approximate surface area is 254 Å². The van der Waals surface area contributed by atoms with Gasteiger partial charge in [0.15, 0.2) is 0 Å². The van der Waals surface area contributed by atoms with E-state index in [0.29, 0.717) is 0 Å². The van der Waals surface area contributed by atoms with Crippen molar-refractivity contribution in [3.8, 4) is 39.4 Å². The molecular weight excluding hydrogens is 534 g/mol. The molecule has 0 atom stereocenters. The highest BCUT2D eigenvalue weighted by molar-refractivity contribution is 6.15. The maximum Gasteiger partial charge on any atom is 0.135 e. The summed E-state index contributed by atoms with van der Waals surface area (Å²) in [4.78, 5) is 0. The second-order valence-corrected chi connectivity index (χ2v) is 11.8. The molecule has 9 aromatic rings. The molecule has 10 rings (SSSR count). The van der Waals surface area contributed by atoms with Crippen LogP contribution in [0.1, 0.15) is 0 Å². The van der Waals surface area contributed by atoms with E-state index in [0.717, 1.165) is 17.1 Å². The summed E-state index contributed by atoms with van der Waals surface area (Å²) < 4.78 is 8.81. The van der Waals surface area contributed by atoms with Gasteiger partial charge in [-0.15, -0.1) is 0 Å². The summed E-state index contributed by atoms with van der Waals surface area (Å²) in [6.45, 7) is 0. The molecule has 204 valence electrons. The van der Waals surface area contributed by atoms with E-state index in [2.05, 4.69) is 156 Å². The predicted molar refractivity (Wildman–Crippen MR) is 184 cm³/mol. The van der Waals surface area contributed by atoms with E-state index in [4.69, 9.17) is 4.74 Å². The van der Waals surface area contributed by atoms with E-state index in [1.54, 1.807) is 0 Å². The molecule has 0 N–H and O–H groups in total. The molecule has 1 aromatic heterocycles. The molecule has 8 aromatic carbocycles. The van der Waals surface area contributed by atoms with Gasteiger partial charge in [-0.1, -0.05) is 97.1 Å². The molecule has 0 unspecified atom stereocenters. The van der Waals surface area contributed by atoms with Gasteiger partial charge in [-0.05, 0) is 98.2 Å². The molecule has 0 saturated heterocycles. The summed E-state index contributed by atoms with van der Waals surface area (Å²) in [7, 11) is 0. The van der Waals surface area contributed by atoms with Gasteiger partial charge >= 0.3 is 0 Å². The largest absolute Gasteiger partial charge is 0.456 e. The van der Waals surface area contributed by atoms with Crippen LogP contribution in [0.2, 0.25) is 0 Å². The Morgan fingerprint density at radius 2 is 1.07 bits per heavy atom. The maximum atomic E-state index is 6.39. The van der Waals surface area contributed by atoms with Crippen molar-refractivity contribution in [2.45, 2.75) is 0 Å².